The predicted octanol–water partition coefficient (Wildman–Crippen LogP) is 2.08. The van der Waals surface area contributed by atoms with Gasteiger partial charge in [0.2, 0.25) is 0 Å². The third-order valence-corrected chi connectivity index (χ3v) is 5.02. The Morgan fingerprint density at radius 3 is 2.30 bits per heavy atom. The molecule has 0 unspecified atom stereocenters. The van der Waals surface area contributed by atoms with Crippen LogP contribution in [-0.2, 0) is 9.31 Å². The van der Waals surface area contributed by atoms with E-state index in [1.54, 1.807) is 6.20 Å². The summed E-state index contributed by atoms with van der Waals surface area (Å²) in [4.78, 5) is 0. The normalized spacial score (nSPS) is 26.1. The Morgan fingerprint density at radius 2 is 1.70 bits per heavy atom. The van der Waals surface area contributed by atoms with Crippen molar-refractivity contribution in [1.82, 2.24) is 15.0 Å². The average Bonchev–Trinajstić information content (AvgIpc) is 2.94. The molecule has 1 saturated carbocycles. The first kappa shape index (κ1) is 14.1. The number of rotatable bonds is 2. The molecule has 5 nitrogen and oxygen atoms in total. The molecule has 1 aliphatic heterocycles. The minimum Gasteiger partial charge on any atom is -0.398 e. The van der Waals surface area contributed by atoms with Crippen LogP contribution in [0.2, 0.25) is 0 Å². The van der Waals surface area contributed by atoms with E-state index < -0.39 is 0 Å². The summed E-state index contributed by atoms with van der Waals surface area (Å²) < 4.78 is 14.3. The van der Waals surface area contributed by atoms with E-state index in [2.05, 4.69) is 38.0 Å². The van der Waals surface area contributed by atoms with Crippen LogP contribution in [0.4, 0.5) is 0 Å². The summed E-state index contributed by atoms with van der Waals surface area (Å²) in [5, 5.41) is 8.38. The average molecular weight is 277 g/mol. The summed E-state index contributed by atoms with van der Waals surface area (Å²) in [5.74, 6) is 0. The van der Waals surface area contributed by atoms with Gasteiger partial charge in [0.25, 0.3) is 0 Å². The van der Waals surface area contributed by atoms with Crippen molar-refractivity contribution in [2.45, 2.75) is 77.0 Å². The molecule has 0 aromatic carbocycles. The standard InChI is InChI=1S/C14H24BN3O2/c1-13(2)14(3,4)20-15(19-13)12-10-16-17-18(12)11-8-6-5-7-9-11/h10-11H,5-9H2,1-4H3. The molecule has 2 heterocycles. The lowest BCUT2D eigenvalue weighted by molar-refractivity contribution is 0.00578. The quantitative estimate of drug-likeness (QED) is 0.777. The molecule has 0 spiro atoms. The summed E-state index contributed by atoms with van der Waals surface area (Å²) in [6, 6.07) is 0.445. The molecular formula is C14H24BN3O2. The molecule has 0 radical (unpaired) electrons. The van der Waals surface area contributed by atoms with Crippen molar-refractivity contribution in [1.29, 1.82) is 0 Å². The predicted molar refractivity (Wildman–Crippen MR) is 77.9 cm³/mol. The molecule has 0 N–H and O–H groups in total. The van der Waals surface area contributed by atoms with Gasteiger partial charge >= 0.3 is 7.12 Å². The summed E-state index contributed by atoms with van der Waals surface area (Å²) in [5.41, 5.74) is 0.314. The Labute approximate surface area is 121 Å². The lowest BCUT2D eigenvalue weighted by Gasteiger charge is -2.32. The lowest BCUT2D eigenvalue weighted by Crippen LogP contribution is -2.41. The van der Waals surface area contributed by atoms with E-state index in [-0.39, 0.29) is 18.3 Å². The van der Waals surface area contributed by atoms with E-state index in [1.165, 1.54) is 32.1 Å². The minimum absolute atomic E-state index is 0.320. The Bertz CT molecular complexity index is 465. The number of hydrogen-bond donors (Lipinski definition) is 0. The van der Waals surface area contributed by atoms with Gasteiger partial charge in [-0.25, -0.2) is 4.68 Å². The van der Waals surface area contributed by atoms with Crippen molar-refractivity contribution < 1.29 is 9.31 Å². The zero-order chi connectivity index (χ0) is 14.4. The zero-order valence-electron chi connectivity index (χ0n) is 12.9. The highest BCUT2D eigenvalue weighted by molar-refractivity contribution is 6.61. The van der Waals surface area contributed by atoms with E-state index in [0.29, 0.717) is 6.04 Å². The minimum atomic E-state index is -0.364. The van der Waals surface area contributed by atoms with Crippen LogP contribution in [-0.4, -0.2) is 33.3 Å². The van der Waals surface area contributed by atoms with Gasteiger partial charge in [0.15, 0.2) is 0 Å². The van der Waals surface area contributed by atoms with Crippen molar-refractivity contribution in [3.8, 4) is 0 Å². The Hall–Kier alpha value is -0.875. The van der Waals surface area contributed by atoms with Crippen molar-refractivity contribution in [3.05, 3.63) is 6.20 Å². The van der Waals surface area contributed by atoms with Gasteiger partial charge in [-0.05, 0) is 40.5 Å². The van der Waals surface area contributed by atoms with E-state index in [0.717, 1.165) is 5.59 Å². The van der Waals surface area contributed by atoms with Crippen LogP contribution in [0.25, 0.3) is 0 Å². The summed E-state index contributed by atoms with van der Waals surface area (Å²) >= 11 is 0. The van der Waals surface area contributed by atoms with Crippen LogP contribution < -0.4 is 5.59 Å². The maximum atomic E-state index is 6.12. The van der Waals surface area contributed by atoms with Gasteiger partial charge in [-0.15, -0.1) is 5.10 Å². The maximum Gasteiger partial charge on any atom is 0.515 e. The highest BCUT2D eigenvalue weighted by Gasteiger charge is 2.53. The molecule has 1 aliphatic carbocycles. The van der Waals surface area contributed by atoms with Crippen LogP contribution in [0.15, 0.2) is 6.20 Å². The smallest absolute Gasteiger partial charge is 0.398 e. The topological polar surface area (TPSA) is 49.2 Å². The molecule has 1 aromatic heterocycles. The monoisotopic (exact) mass is 277 g/mol. The highest BCUT2D eigenvalue weighted by atomic mass is 16.7. The Kier molecular flexibility index (Phi) is 3.41. The first-order valence-electron chi connectivity index (χ1n) is 7.66. The fourth-order valence-corrected chi connectivity index (χ4v) is 2.99. The lowest BCUT2D eigenvalue weighted by atomic mass is 9.84. The Balaban J connectivity index is 1.84. The summed E-state index contributed by atoms with van der Waals surface area (Å²) in [6.07, 6.45) is 8.01. The molecule has 6 heteroatoms. The molecule has 0 atom stereocenters. The molecule has 1 aromatic rings. The largest absolute Gasteiger partial charge is 0.515 e. The first-order valence-corrected chi connectivity index (χ1v) is 7.66. The number of aromatic nitrogens is 3. The van der Waals surface area contributed by atoms with Crippen molar-refractivity contribution in [2.24, 2.45) is 0 Å². The van der Waals surface area contributed by atoms with Gasteiger partial charge < -0.3 is 9.31 Å². The first-order chi connectivity index (χ1) is 9.41. The molecule has 2 aliphatic rings. The van der Waals surface area contributed by atoms with Crippen LogP contribution in [0, 0.1) is 0 Å². The molecule has 1 saturated heterocycles. The third-order valence-electron chi connectivity index (χ3n) is 5.02. The fourth-order valence-electron chi connectivity index (χ4n) is 2.99. The molecule has 3 rings (SSSR count). The van der Waals surface area contributed by atoms with Crippen LogP contribution in [0.1, 0.15) is 65.8 Å². The summed E-state index contributed by atoms with van der Waals surface area (Å²) in [6.45, 7) is 8.28. The molecule has 110 valence electrons. The number of nitrogens with zero attached hydrogens (tertiary/aromatic N) is 3. The van der Waals surface area contributed by atoms with Gasteiger partial charge in [0, 0.05) is 0 Å². The SMILES string of the molecule is CC1(C)OB(c2cnnn2C2CCCCC2)OC1(C)C. The van der Waals surface area contributed by atoms with Gasteiger partial charge in [-0.2, -0.15) is 0 Å². The van der Waals surface area contributed by atoms with Crippen LogP contribution in [0.5, 0.6) is 0 Å². The Morgan fingerprint density at radius 1 is 1.10 bits per heavy atom. The van der Waals surface area contributed by atoms with E-state index >= 15 is 0 Å². The second-order valence-corrected chi connectivity index (χ2v) is 6.98. The van der Waals surface area contributed by atoms with Gasteiger partial charge in [0.05, 0.1) is 29.0 Å². The molecule has 0 amide bonds. The van der Waals surface area contributed by atoms with Gasteiger partial charge in [-0.3, -0.25) is 0 Å². The second-order valence-electron chi connectivity index (χ2n) is 6.98. The molecule has 0 bridgehead atoms. The third kappa shape index (κ3) is 2.29. The molecule has 2 fully saturated rings. The van der Waals surface area contributed by atoms with Crippen molar-refractivity contribution in [3.63, 3.8) is 0 Å². The van der Waals surface area contributed by atoms with E-state index in [4.69, 9.17) is 9.31 Å². The fraction of sp³-hybridized carbons (Fsp3) is 0.857. The maximum absolute atomic E-state index is 6.12. The molecular weight excluding hydrogens is 253 g/mol. The number of hydrogen-bond acceptors (Lipinski definition) is 4. The summed E-state index contributed by atoms with van der Waals surface area (Å²) in [7, 11) is -0.364. The van der Waals surface area contributed by atoms with E-state index in [9.17, 15) is 0 Å². The van der Waals surface area contributed by atoms with Crippen molar-refractivity contribution in [2.75, 3.05) is 0 Å². The van der Waals surface area contributed by atoms with Gasteiger partial charge in [-0.1, -0.05) is 24.5 Å². The van der Waals surface area contributed by atoms with Gasteiger partial charge in [0.1, 0.15) is 0 Å². The van der Waals surface area contributed by atoms with E-state index in [1.807, 2.05) is 4.68 Å². The second kappa shape index (κ2) is 4.84. The molecule has 20 heavy (non-hydrogen) atoms. The van der Waals surface area contributed by atoms with Crippen LogP contribution in [0.3, 0.4) is 0 Å². The highest BCUT2D eigenvalue weighted by Crippen LogP contribution is 2.36. The zero-order valence-corrected chi connectivity index (χ0v) is 12.9. The van der Waals surface area contributed by atoms with Crippen LogP contribution >= 0.6 is 0 Å². The van der Waals surface area contributed by atoms with Crippen molar-refractivity contribution >= 4 is 12.7 Å².